The molecule has 0 unspecified atom stereocenters. The van der Waals surface area contributed by atoms with E-state index in [1.165, 1.54) is 11.8 Å². The number of amidine groups is 1. The second kappa shape index (κ2) is 7.79. The van der Waals surface area contributed by atoms with Crippen LogP contribution in [0.5, 0.6) is 17.2 Å². The Morgan fingerprint density at radius 2 is 1.84 bits per heavy atom. The molecule has 1 aromatic carbocycles. The van der Waals surface area contributed by atoms with Crippen molar-refractivity contribution in [2.24, 2.45) is 4.99 Å². The summed E-state index contributed by atoms with van der Waals surface area (Å²) in [6, 6.07) is 3.61. The van der Waals surface area contributed by atoms with E-state index < -0.39 is 0 Å². The minimum absolute atomic E-state index is 0.247. The van der Waals surface area contributed by atoms with Crippen LogP contribution in [0.25, 0.3) is 6.08 Å². The number of ether oxygens (including phenoxy) is 4. The largest absolute Gasteiger partial charge is 0.493 e. The van der Waals surface area contributed by atoms with Crippen LogP contribution in [0.4, 0.5) is 0 Å². The summed E-state index contributed by atoms with van der Waals surface area (Å²) in [7, 11) is 4.67. The molecule has 0 saturated carbocycles. The number of carbonyl (C=O) groups excluding carboxylic acids is 1. The third-order valence-electron chi connectivity index (χ3n) is 3.91. The van der Waals surface area contributed by atoms with Crippen LogP contribution in [0.2, 0.25) is 0 Å². The van der Waals surface area contributed by atoms with Gasteiger partial charge in [0.15, 0.2) is 16.7 Å². The van der Waals surface area contributed by atoms with Gasteiger partial charge in [-0.3, -0.25) is 4.79 Å². The van der Waals surface area contributed by atoms with Gasteiger partial charge >= 0.3 is 0 Å². The van der Waals surface area contributed by atoms with Crippen LogP contribution >= 0.6 is 11.8 Å². The smallest absolute Gasteiger partial charge is 0.286 e. The molecule has 1 fully saturated rings. The Bertz CT molecular complexity index is 726. The van der Waals surface area contributed by atoms with Crippen LogP contribution in [0.1, 0.15) is 5.56 Å². The molecule has 2 aliphatic rings. The molecule has 134 valence electrons. The van der Waals surface area contributed by atoms with Gasteiger partial charge in [-0.1, -0.05) is 0 Å². The Kier molecular flexibility index (Phi) is 5.50. The first-order valence-corrected chi connectivity index (χ1v) is 8.63. The Labute approximate surface area is 150 Å². The molecule has 0 radical (unpaired) electrons. The zero-order valence-electron chi connectivity index (χ0n) is 14.4. The number of hydrogen-bond donors (Lipinski definition) is 0. The van der Waals surface area contributed by atoms with Crippen molar-refractivity contribution < 1.29 is 23.7 Å². The molecule has 7 nitrogen and oxygen atoms in total. The van der Waals surface area contributed by atoms with E-state index in [1.54, 1.807) is 33.5 Å². The summed E-state index contributed by atoms with van der Waals surface area (Å²) in [5.41, 5.74) is 0.731. The van der Waals surface area contributed by atoms with E-state index in [4.69, 9.17) is 18.9 Å². The van der Waals surface area contributed by atoms with Crippen molar-refractivity contribution in [3.8, 4) is 17.2 Å². The molecule has 2 aliphatic heterocycles. The Balaban J connectivity index is 1.87. The van der Waals surface area contributed by atoms with Crippen molar-refractivity contribution in [2.45, 2.75) is 0 Å². The number of aliphatic imine (C=N–C) groups is 1. The first-order valence-electron chi connectivity index (χ1n) is 7.82. The maximum Gasteiger partial charge on any atom is 0.286 e. The SMILES string of the molecule is COc1ccc(/C=C2/SC(N3CCOCC3)=NC2=O)c(OC)c1OC. The average molecular weight is 364 g/mol. The average Bonchev–Trinajstić information content (AvgIpc) is 3.02. The fourth-order valence-electron chi connectivity index (χ4n) is 2.67. The fourth-order valence-corrected chi connectivity index (χ4v) is 3.62. The van der Waals surface area contributed by atoms with Gasteiger partial charge in [0.2, 0.25) is 5.75 Å². The minimum Gasteiger partial charge on any atom is -0.493 e. The molecule has 25 heavy (non-hydrogen) atoms. The highest BCUT2D eigenvalue weighted by Gasteiger charge is 2.28. The van der Waals surface area contributed by atoms with Crippen molar-refractivity contribution >= 4 is 28.9 Å². The molecule has 3 rings (SSSR count). The Hall–Kier alpha value is -2.19. The molecular formula is C17H20N2O5S. The van der Waals surface area contributed by atoms with Crippen LogP contribution in [0.15, 0.2) is 22.0 Å². The summed E-state index contributed by atoms with van der Waals surface area (Å²) in [4.78, 5) is 19.1. The number of rotatable bonds is 4. The van der Waals surface area contributed by atoms with Gasteiger partial charge in [-0.2, -0.15) is 4.99 Å². The van der Waals surface area contributed by atoms with Crippen molar-refractivity contribution in [3.63, 3.8) is 0 Å². The normalized spacial score (nSPS) is 19.2. The monoisotopic (exact) mass is 364 g/mol. The second-order valence-corrected chi connectivity index (χ2v) is 6.34. The van der Waals surface area contributed by atoms with Gasteiger partial charge in [0.1, 0.15) is 0 Å². The summed E-state index contributed by atoms with van der Waals surface area (Å²) >= 11 is 1.37. The number of carbonyl (C=O) groups is 1. The van der Waals surface area contributed by atoms with Gasteiger partial charge in [0.25, 0.3) is 5.91 Å². The van der Waals surface area contributed by atoms with Gasteiger partial charge in [0, 0.05) is 18.7 Å². The molecular weight excluding hydrogens is 344 g/mol. The van der Waals surface area contributed by atoms with E-state index in [1.807, 2.05) is 6.07 Å². The lowest BCUT2D eigenvalue weighted by Gasteiger charge is -2.27. The number of morpholine rings is 1. The predicted octanol–water partition coefficient (Wildman–Crippen LogP) is 2.01. The van der Waals surface area contributed by atoms with Crippen molar-refractivity contribution in [2.75, 3.05) is 47.6 Å². The highest BCUT2D eigenvalue weighted by atomic mass is 32.2. The number of thioether (sulfide) groups is 1. The highest BCUT2D eigenvalue weighted by molar-refractivity contribution is 8.18. The number of nitrogens with zero attached hydrogens (tertiary/aromatic N) is 2. The van der Waals surface area contributed by atoms with Crippen LogP contribution < -0.4 is 14.2 Å². The van der Waals surface area contributed by atoms with Crippen LogP contribution in [-0.4, -0.2) is 63.6 Å². The quantitative estimate of drug-likeness (QED) is 0.757. The Morgan fingerprint density at radius 1 is 1.12 bits per heavy atom. The van der Waals surface area contributed by atoms with Crippen LogP contribution in [0, 0.1) is 0 Å². The summed E-state index contributed by atoms with van der Waals surface area (Å²) in [5.74, 6) is 1.33. The summed E-state index contributed by atoms with van der Waals surface area (Å²) in [5, 5.41) is 0.721. The molecule has 0 spiro atoms. The molecule has 0 aliphatic carbocycles. The van der Waals surface area contributed by atoms with E-state index in [2.05, 4.69) is 9.89 Å². The molecule has 0 N–H and O–H groups in total. The second-order valence-electron chi connectivity index (χ2n) is 5.33. The van der Waals surface area contributed by atoms with Crippen molar-refractivity contribution in [1.82, 2.24) is 4.90 Å². The third kappa shape index (κ3) is 3.59. The molecule has 1 aromatic rings. The molecule has 0 atom stereocenters. The molecule has 1 amide bonds. The lowest BCUT2D eigenvalue weighted by Crippen LogP contribution is -2.38. The third-order valence-corrected chi connectivity index (χ3v) is 4.96. The number of amides is 1. The standard InChI is InChI=1S/C17H20N2O5S/c1-21-12-5-4-11(14(22-2)15(12)23-3)10-13-16(20)18-17(25-13)19-6-8-24-9-7-19/h4-5,10H,6-9H2,1-3H3/b13-10+. The van der Waals surface area contributed by atoms with E-state index in [9.17, 15) is 4.79 Å². The maximum atomic E-state index is 12.3. The lowest BCUT2D eigenvalue weighted by atomic mass is 10.1. The van der Waals surface area contributed by atoms with E-state index >= 15 is 0 Å². The van der Waals surface area contributed by atoms with Crippen molar-refractivity contribution in [3.05, 3.63) is 22.6 Å². The van der Waals surface area contributed by atoms with Gasteiger partial charge in [0.05, 0.1) is 39.4 Å². The predicted molar refractivity (Wildman–Crippen MR) is 96.5 cm³/mol. The summed E-state index contributed by atoms with van der Waals surface area (Å²) in [6.45, 7) is 2.78. The molecule has 8 heteroatoms. The number of hydrogen-bond acceptors (Lipinski definition) is 7. The topological polar surface area (TPSA) is 69.6 Å². The lowest BCUT2D eigenvalue weighted by molar-refractivity contribution is -0.113. The zero-order valence-corrected chi connectivity index (χ0v) is 15.2. The minimum atomic E-state index is -0.247. The van der Waals surface area contributed by atoms with E-state index in [-0.39, 0.29) is 5.91 Å². The molecule has 2 heterocycles. The molecule has 1 saturated heterocycles. The molecule has 0 aromatic heterocycles. The Morgan fingerprint density at radius 3 is 2.48 bits per heavy atom. The summed E-state index contributed by atoms with van der Waals surface area (Å²) < 4.78 is 21.5. The van der Waals surface area contributed by atoms with E-state index in [0.29, 0.717) is 35.4 Å². The summed E-state index contributed by atoms with van der Waals surface area (Å²) in [6.07, 6.45) is 1.77. The van der Waals surface area contributed by atoms with Crippen LogP contribution in [0.3, 0.4) is 0 Å². The maximum absolute atomic E-state index is 12.3. The first-order chi connectivity index (χ1) is 12.2. The van der Waals surface area contributed by atoms with E-state index in [0.717, 1.165) is 23.8 Å². The van der Waals surface area contributed by atoms with Gasteiger partial charge < -0.3 is 23.8 Å². The van der Waals surface area contributed by atoms with Gasteiger partial charge in [-0.05, 0) is 30.0 Å². The van der Waals surface area contributed by atoms with Crippen LogP contribution in [-0.2, 0) is 9.53 Å². The molecule has 0 bridgehead atoms. The van der Waals surface area contributed by atoms with Gasteiger partial charge in [-0.25, -0.2) is 0 Å². The zero-order chi connectivity index (χ0) is 17.8. The fraction of sp³-hybridized carbons (Fsp3) is 0.412. The van der Waals surface area contributed by atoms with Crippen molar-refractivity contribution in [1.29, 1.82) is 0 Å². The number of benzene rings is 1. The highest BCUT2D eigenvalue weighted by Crippen LogP contribution is 2.42. The van der Waals surface area contributed by atoms with Gasteiger partial charge in [-0.15, -0.1) is 0 Å². The number of methoxy groups -OCH3 is 3. The first kappa shape index (κ1) is 17.6.